The second-order valence-corrected chi connectivity index (χ2v) is 8.32. The predicted octanol–water partition coefficient (Wildman–Crippen LogP) is 3.34. The van der Waals surface area contributed by atoms with Gasteiger partial charge in [-0.2, -0.15) is 0 Å². The molecule has 0 aromatic heterocycles. The van der Waals surface area contributed by atoms with Crippen molar-refractivity contribution in [3.63, 3.8) is 0 Å². The van der Waals surface area contributed by atoms with Crippen LogP contribution in [-0.2, 0) is 16.8 Å². The fourth-order valence-corrected chi connectivity index (χ4v) is 3.63. The average Bonchev–Trinajstić information content (AvgIpc) is 3.53. The van der Waals surface area contributed by atoms with E-state index in [9.17, 15) is 9.18 Å². The zero-order chi connectivity index (χ0) is 22.4. The van der Waals surface area contributed by atoms with E-state index in [1.807, 2.05) is 24.3 Å². The Balaban J connectivity index is 1.70. The largest absolute Gasteiger partial charge is 0.497 e. The SMILES string of the molecule is COc1ccc(CN=C(NCC(=O)N(C)C)NCC2(c3ccc(F)cc3Cl)CC2)cc1. The first-order valence-electron chi connectivity index (χ1n) is 10.1. The van der Waals surface area contributed by atoms with Crippen LogP contribution in [0.4, 0.5) is 4.39 Å². The van der Waals surface area contributed by atoms with Crippen LogP contribution in [0.1, 0.15) is 24.0 Å². The summed E-state index contributed by atoms with van der Waals surface area (Å²) < 4.78 is 18.6. The molecular formula is C23H28ClFN4O2. The Morgan fingerprint density at radius 1 is 1.19 bits per heavy atom. The van der Waals surface area contributed by atoms with E-state index in [0.29, 0.717) is 24.1 Å². The molecule has 0 unspecified atom stereocenters. The van der Waals surface area contributed by atoms with Gasteiger partial charge in [0.15, 0.2) is 5.96 Å². The summed E-state index contributed by atoms with van der Waals surface area (Å²) in [4.78, 5) is 18.2. The fraction of sp³-hybridized carbons (Fsp3) is 0.391. The van der Waals surface area contributed by atoms with Gasteiger partial charge in [0.05, 0.1) is 20.2 Å². The number of carbonyl (C=O) groups excluding carboxylic acids is 1. The quantitative estimate of drug-likeness (QED) is 0.482. The normalized spacial score (nSPS) is 14.7. The van der Waals surface area contributed by atoms with Crippen molar-refractivity contribution < 1.29 is 13.9 Å². The van der Waals surface area contributed by atoms with Crippen molar-refractivity contribution in [2.45, 2.75) is 24.8 Å². The summed E-state index contributed by atoms with van der Waals surface area (Å²) >= 11 is 6.30. The number of ether oxygens (including phenoxy) is 1. The molecule has 8 heteroatoms. The number of guanidine groups is 1. The number of likely N-dealkylation sites (N-methyl/N-ethyl adjacent to an activating group) is 1. The smallest absolute Gasteiger partial charge is 0.241 e. The van der Waals surface area contributed by atoms with Gasteiger partial charge in [0.25, 0.3) is 0 Å². The van der Waals surface area contributed by atoms with E-state index in [1.165, 1.54) is 17.0 Å². The van der Waals surface area contributed by atoms with Crippen molar-refractivity contribution in [1.29, 1.82) is 0 Å². The third-order valence-corrected chi connectivity index (χ3v) is 5.75. The molecule has 0 bridgehead atoms. The Hall–Kier alpha value is -2.80. The summed E-state index contributed by atoms with van der Waals surface area (Å²) in [6.07, 6.45) is 1.90. The number of carbonyl (C=O) groups is 1. The van der Waals surface area contributed by atoms with Crippen molar-refractivity contribution in [3.05, 3.63) is 64.4 Å². The molecule has 0 saturated heterocycles. The molecule has 0 aliphatic heterocycles. The van der Waals surface area contributed by atoms with Gasteiger partial charge in [-0.1, -0.05) is 29.8 Å². The minimum absolute atomic E-state index is 0.0540. The Morgan fingerprint density at radius 3 is 2.48 bits per heavy atom. The molecule has 3 rings (SSSR count). The lowest BCUT2D eigenvalue weighted by Gasteiger charge is -2.21. The third-order valence-electron chi connectivity index (χ3n) is 5.43. The Bertz CT molecular complexity index is 943. The van der Waals surface area contributed by atoms with Crippen LogP contribution in [0.3, 0.4) is 0 Å². The molecule has 6 nitrogen and oxygen atoms in total. The molecule has 1 aliphatic rings. The lowest BCUT2D eigenvalue weighted by Crippen LogP contribution is -2.45. The van der Waals surface area contributed by atoms with E-state index in [4.69, 9.17) is 16.3 Å². The van der Waals surface area contributed by atoms with Crippen LogP contribution < -0.4 is 15.4 Å². The van der Waals surface area contributed by atoms with Crippen LogP contribution in [0.2, 0.25) is 5.02 Å². The Morgan fingerprint density at radius 2 is 1.90 bits per heavy atom. The standard InChI is InChI=1S/C23H28ClFN4O2/c1-29(2)21(30)14-27-22(26-13-16-4-7-18(31-3)8-5-16)28-15-23(10-11-23)19-9-6-17(25)12-20(19)24/h4-9,12H,10-11,13-15H2,1-3H3,(H2,26,27,28). The van der Waals surface area contributed by atoms with Gasteiger partial charge in [-0.15, -0.1) is 0 Å². The number of nitrogens with one attached hydrogen (secondary N) is 2. The first kappa shape index (κ1) is 22.9. The van der Waals surface area contributed by atoms with E-state index in [2.05, 4.69) is 15.6 Å². The molecule has 0 radical (unpaired) electrons. The monoisotopic (exact) mass is 446 g/mol. The second-order valence-electron chi connectivity index (χ2n) is 7.91. The number of nitrogens with zero attached hydrogens (tertiary/aromatic N) is 2. The van der Waals surface area contributed by atoms with Gasteiger partial charge >= 0.3 is 0 Å². The van der Waals surface area contributed by atoms with Gasteiger partial charge in [0, 0.05) is 31.1 Å². The number of halogens is 2. The molecular weight excluding hydrogens is 419 g/mol. The van der Waals surface area contributed by atoms with Crippen molar-refractivity contribution in [2.75, 3.05) is 34.3 Å². The molecule has 0 atom stereocenters. The topological polar surface area (TPSA) is 66.0 Å². The van der Waals surface area contributed by atoms with Crippen molar-refractivity contribution in [1.82, 2.24) is 15.5 Å². The number of hydrogen-bond donors (Lipinski definition) is 2. The Kier molecular flexibility index (Phi) is 7.38. The van der Waals surface area contributed by atoms with E-state index in [1.54, 1.807) is 27.3 Å². The molecule has 1 aliphatic carbocycles. The highest BCUT2D eigenvalue weighted by Crippen LogP contribution is 2.50. The van der Waals surface area contributed by atoms with Crippen LogP contribution in [0.15, 0.2) is 47.5 Å². The first-order chi connectivity index (χ1) is 14.8. The fourth-order valence-electron chi connectivity index (χ4n) is 3.26. The van der Waals surface area contributed by atoms with Gasteiger partial charge in [0.2, 0.25) is 5.91 Å². The minimum Gasteiger partial charge on any atom is -0.497 e. The Labute approximate surface area is 187 Å². The summed E-state index contributed by atoms with van der Waals surface area (Å²) in [6.45, 7) is 1.16. The number of amides is 1. The zero-order valence-electron chi connectivity index (χ0n) is 18.0. The molecule has 1 saturated carbocycles. The lowest BCUT2D eigenvalue weighted by molar-refractivity contribution is -0.127. The molecule has 0 spiro atoms. The van der Waals surface area contributed by atoms with Gasteiger partial charge in [-0.05, 0) is 48.2 Å². The summed E-state index contributed by atoms with van der Waals surface area (Å²) in [5.41, 5.74) is 1.80. The molecule has 2 aromatic rings. The third kappa shape index (κ3) is 6.10. The predicted molar refractivity (Wildman–Crippen MR) is 121 cm³/mol. The molecule has 166 valence electrons. The maximum Gasteiger partial charge on any atom is 0.241 e. The van der Waals surface area contributed by atoms with Crippen LogP contribution in [0.5, 0.6) is 5.75 Å². The maximum atomic E-state index is 13.4. The summed E-state index contributed by atoms with van der Waals surface area (Å²) in [5.74, 6) is 0.924. The number of hydrogen-bond acceptors (Lipinski definition) is 3. The molecule has 1 fully saturated rings. The molecule has 1 amide bonds. The molecule has 2 N–H and O–H groups in total. The maximum absolute atomic E-state index is 13.4. The van der Waals surface area contributed by atoms with Crippen molar-refractivity contribution in [2.24, 2.45) is 4.99 Å². The van der Waals surface area contributed by atoms with E-state index < -0.39 is 0 Å². The van der Waals surface area contributed by atoms with Crippen molar-refractivity contribution >= 4 is 23.5 Å². The number of methoxy groups -OCH3 is 1. The number of aliphatic imine (C=N–C) groups is 1. The highest BCUT2D eigenvalue weighted by molar-refractivity contribution is 6.31. The summed E-state index contributed by atoms with van der Waals surface area (Å²) in [5, 5.41) is 6.88. The first-order valence-corrected chi connectivity index (χ1v) is 10.5. The van der Waals surface area contributed by atoms with Crippen LogP contribution in [-0.4, -0.2) is 51.1 Å². The van der Waals surface area contributed by atoms with Crippen LogP contribution >= 0.6 is 11.6 Å². The zero-order valence-corrected chi connectivity index (χ0v) is 18.8. The van der Waals surface area contributed by atoms with Crippen LogP contribution in [0.25, 0.3) is 0 Å². The average molecular weight is 447 g/mol. The van der Waals surface area contributed by atoms with Gasteiger partial charge in [-0.3, -0.25) is 4.79 Å². The number of rotatable bonds is 8. The van der Waals surface area contributed by atoms with Gasteiger partial charge in [-0.25, -0.2) is 9.38 Å². The highest BCUT2D eigenvalue weighted by atomic mass is 35.5. The lowest BCUT2D eigenvalue weighted by atomic mass is 9.96. The molecule has 31 heavy (non-hydrogen) atoms. The molecule has 0 heterocycles. The van der Waals surface area contributed by atoms with Crippen LogP contribution in [0, 0.1) is 5.82 Å². The highest BCUT2D eigenvalue weighted by Gasteiger charge is 2.45. The number of benzene rings is 2. The second kappa shape index (κ2) is 10.0. The van der Waals surface area contributed by atoms with Gasteiger partial charge in [0.1, 0.15) is 11.6 Å². The van der Waals surface area contributed by atoms with Crippen molar-refractivity contribution in [3.8, 4) is 5.75 Å². The minimum atomic E-state index is -0.344. The van der Waals surface area contributed by atoms with E-state index in [-0.39, 0.29) is 23.7 Å². The summed E-state index contributed by atoms with van der Waals surface area (Å²) in [6, 6.07) is 12.2. The van der Waals surface area contributed by atoms with E-state index in [0.717, 1.165) is 29.7 Å². The van der Waals surface area contributed by atoms with E-state index >= 15 is 0 Å². The molecule has 2 aromatic carbocycles. The summed E-state index contributed by atoms with van der Waals surface area (Å²) in [7, 11) is 5.05. The van der Waals surface area contributed by atoms with Gasteiger partial charge < -0.3 is 20.3 Å².